The lowest BCUT2D eigenvalue weighted by molar-refractivity contribution is -0.682. The summed E-state index contributed by atoms with van der Waals surface area (Å²) in [6.07, 6.45) is 1.90. The van der Waals surface area contributed by atoms with Crippen LogP contribution in [0, 0.1) is 0 Å². The Kier molecular flexibility index (Phi) is 7.79. The average Bonchev–Trinajstić information content (AvgIpc) is 2.45. The van der Waals surface area contributed by atoms with Crippen LogP contribution in [0.5, 0.6) is 0 Å². The maximum Gasteiger partial charge on any atom is 0.321 e. The van der Waals surface area contributed by atoms with Crippen molar-refractivity contribution in [2.24, 2.45) is 0 Å². The van der Waals surface area contributed by atoms with Crippen LogP contribution in [0.3, 0.4) is 0 Å². The van der Waals surface area contributed by atoms with Gasteiger partial charge in [-0.05, 0) is 25.5 Å². The summed E-state index contributed by atoms with van der Waals surface area (Å²) in [5, 5.41) is 7.48. The predicted molar refractivity (Wildman–Crippen MR) is 83.1 cm³/mol. The molecule has 0 saturated carbocycles. The number of imide groups is 1. The number of carbonyl (C=O) groups is 2. The fraction of sp³-hybridized carbons (Fsp3) is 0.467. The van der Waals surface area contributed by atoms with Gasteiger partial charge in [0.25, 0.3) is 5.91 Å². The first-order valence-corrected chi connectivity index (χ1v) is 7.57. The Morgan fingerprint density at radius 2 is 2.14 bits per heavy atom. The Hall–Kier alpha value is -1.59. The van der Waals surface area contributed by atoms with E-state index in [-0.39, 0.29) is 18.5 Å². The molecular weight excluding hydrogens is 290 g/mol. The molecule has 6 heteroatoms. The van der Waals surface area contributed by atoms with Gasteiger partial charge in [-0.2, -0.15) is 0 Å². The molecule has 0 unspecified atom stereocenters. The Labute approximate surface area is 130 Å². The van der Waals surface area contributed by atoms with E-state index in [1.54, 1.807) is 0 Å². The minimum absolute atomic E-state index is 0.0950. The van der Waals surface area contributed by atoms with Gasteiger partial charge in [0.2, 0.25) is 0 Å². The van der Waals surface area contributed by atoms with Crippen LogP contribution in [0.15, 0.2) is 24.3 Å². The number of amides is 3. The number of halogens is 1. The van der Waals surface area contributed by atoms with Crippen molar-refractivity contribution in [3.05, 3.63) is 34.9 Å². The van der Waals surface area contributed by atoms with E-state index in [0.29, 0.717) is 11.6 Å². The fourth-order valence-corrected chi connectivity index (χ4v) is 2.01. The summed E-state index contributed by atoms with van der Waals surface area (Å²) < 4.78 is 0. The van der Waals surface area contributed by atoms with Crippen molar-refractivity contribution >= 4 is 23.5 Å². The van der Waals surface area contributed by atoms with Gasteiger partial charge in [0.1, 0.15) is 6.04 Å². The second-order valence-electron chi connectivity index (χ2n) is 4.94. The van der Waals surface area contributed by atoms with Gasteiger partial charge >= 0.3 is 6.03 Å². The van der Waals surface area contributed by atoms with Crippen LogP contribution in [0.25, 0.3) is 0 Å². The molecule has 0 bridgehead atoms. The number of carbonyl (C=O) groups excluding carboxylic acids is 2. The number of urea groups is 1. The molecule has 5 nitrogen and oxygen atoms in total. The van der Waals surface area contributed by atoms with Crippen molar-refractivity contribution < 1.29 is 14.9 Å². The van der Waals surface area contributed by atoms with Crippen LogP contribution in [0.1, 0.15) is 38.3 Å². The average molecular weight is 313 g/mol. The smallest absolute Gasteiger partial charge is 0.321 e. The predicted octanol–water partition coefficient (Wildman–Crippen LogP) is 1.59. The SMILES string of the molecule is CCCCNC(=O)NC(=O)C[NH2+][C@H](C)c1cccc(Cl)c1. The molecule has 1 aromatic carbocycles. The van der Waals surface area contributed by atoms with Crippen molar-refractivity contribution in [3.63, 3.8) is 0 Å². The standard InChI is InChI=1S/C15H22ClN3O2/c1-3-4-8-17-15(21)19-14(20)10-18-11(2)12-6-5-7-13(16)9-12/h5-7,9,11,18H,3-4,8,10H2,1-2H3,(H2,17,19,20,21)/p+1/t11-/m1/s1. The molecule has 0 radical (unpaired) electrons. The van der Waals surface area contributed by atoms with Gasteiger partial charge in [-0.25, -0.2) is 4.79 Å². The highest BCUT2D eigenvalue weighted by molar-refractivity contribution is 6.30. The Balaban J connectivity index is 2.30. The lowest BCUT2D eigenvalue weighted by atomic mass is 10.1. The van der Waals surface area contributed by atoms with Gasteiger partial charge < -0.3 is 10.6 Å². The Morgan fingerprint density at radius 1 is 1.38 bits per heavy atom. The number of nitrogens with one attached hydrogen (secondary N) is 2. The van der Waals surface area contributed by atoms with Gasteiger partial charge in [-0.3, -0.25) is 10.1 Å². The first-order valence-electron chi connectivity index (χ1n) is 7.19. The third kappa shape index (κ3) is 7.11. The van der Waals surface area contributed by atoms with Crippen LogP contribution in [0.2, 0.25) is 5.02 Å². The van der Waals surface area contributed by atoms with Crippen molar-refractivity contribution in [2.45, 2.75) is 32.7 Å². The van der Waals surface area contributed by atoms with E-state index in [0.717, 1.165) is 18.4 Å². The molecule has 1 rings (SSSR count). The lowest BCUT2D eigenvalue weighted by Gasteiger charge is -2.11. The maximum absolute atomic E-state index is 11.7. The first-order chi connectivity index (χ1) is 10.0. The molecule has 4 N–H and O–H groups in total. The number of quaternary nitrogens is 1. The van der Waals surface area contributed by atoms with Crippen LogP contribution in [-0.4, -0.2) is 25.0 Å². The number of unbranched alkanes of at least 4 members (excludes halogenated alkanes) is 1. The normalized spacial score (nSPS) is 11.8. The van der Waals surface area contributed by atoms with Crippen molar-refractivity contribution in [1.82, 2.24) is 10.6 Å². The number of nitrogens with two attached hydrogens (primary N) is 1. The van der Waals surface area contributed by atoms with E-state index >= 15 is 0 Å². The summed E-state index contributed by atoms with van der Waals surface area (Å²) in [5.74, 6) is -0.308. The fourth-order valence-electron chi connectivity index (χ4n) is 1.81. The van der Waals surface area contributed by atoms with Crippen LogP contribution >= 0.6 is 11.6 Å². The Bertz CT molecular complexity index is 480. The van der Waals surface area contributed by atoms with Crippen LogP contribution in [-0.2, 0) is 4.79 Å². The minimum atomic E-state index is -0.433. The van der Waals surface area contributed by atoms with Crippen LogP contribution < -0.4 is 16.0 Å². The molecule has 0 spiro atoms. The molecule has 3 amide bonds. The van der Waals surface area contributed by atoms with Gasteiger partial charge in [0.05, 0.1) is 0 Å². The van der Waals surface area contributed by atoms with Crippen LogP contribution in [0.4, 0.5) is 4.79 Å². The molecule has 116 valence electrons. The number of hydrogen-bond acceptors (Lipinski definition) is 2. The lowest BCUT2D eigenvalue weighted by Crippen LogP contribution is -2.87. The number of rotatable bonds is 7. The van der Waals surface area contributed by atoms with E-state index in [1.165, 1.54) is 0 Å². The van der Waals surface area contributed by atoms with E-state index in [2.05, 4.69) is 10.6 Å². The first kappa shape index (κ1) is 17.5. The molecule has 0 aromatic heterocycles. The summed E-state index contributed by atoms with van der Waals surface area (Å²) in [4.78, 5) is 23.1. The van der Waals surface area contributed by atoms with Crippen molar-refractivity contribution in [2.75, 3.05) is 13.1 Å². The minimum Gasteiger partial charge on any atom is -0.338 e. The zero-order valence-electron chi connectivity index (χ0n) is 12.5. The molecule has 0 fully saturated rings. The zero-order valence-corrected chi connectivity index (χ0v) is 13.2. The maximum atomic E-state index is 11.7. The Morgan fingerprint density at radius 3 is 2.81 bits per heavy atom. The molecule has 0 heterocycles. The summed E-state index contributed by atoms with van der Waals surface area (Å²) in [6.45, 7) is 4.80. The highest BCUT2D eigenvalue weighted by Gasteiger charge is 2.13. The molecule has 21 heavy (non-hydrogen) atoms. The summed E-state index contributed by atoms with van der Waals surface area (Å²) in [5.41, 5.74) is 1.04. The summed E-state index contributed by atoms with van der Waals surface area (Å²) >= 11 is 5.93. The molecule has 1 atom stereocenters. The summed E-state index contributed by atoms with van der Waals surface area (Å²) in [6, 6.07) is 7.18. The topological polar surface area (TPSA) is 74.8 Å². The quantitative estimate of drug-likeness (QED) is 0.669. The second kappa shape index (κ2) is 9.37. The molecule has 1 aromatic rings. The molecule has 0 aliphatic carbocycles. The largest absolute Gasteiger partial charge is 0.338 e. The number of hydrogen-bond donors (Lipinski definition) is 3. The number of benzene rings is 1. The van der Waals surface area contributed by atoms with E-state index in [4.69, 9.17) is 11.6 Å². The van der Waals surface area contributed by atoms with Crippen molar-refractivity contribution in [3.8, 4) is 0 Å². The molecule has 0 aliphatic heterocycles. The zero-order chi connectivity index (χ0) is 15.7. The molecule has 0 saturated heterocycles. The van der Waals surface area contributed by atoms with Gasteiger partial charge in [0.15, 0.2) is 6.54 Å². The monoisotopic (exact) mass is 312 g/mol. The highest BCUT2D eigenvalue weighted by atomic mass is 35.5. The summed E-state index contributed by atoms with van der Waals surface area (Å²) in [7, 11) is 0. The van der Waals surface area contributed by atoms with E-state index in [1.807, 2.05) is 43.4 Å². The van der Waals surface area contributed by atoms with E-state index in [9.17, 15) is 9.59 Å². The second-order valence-corrected chi connectivity index (χ2v) is 5.38. The molecule has 0 aliphatic rings. The highest BCUT2D eigenvalue weighted by Crippen LogP contribution is 2.14. The van der Waals surface area contributed by atoms with Gasteiger partial charge in [-0.15, -0.1) is 0 Å². The van der Waals surface area contributed by atoms with Gasteiger partial charge in [-0.1, -0.05) is 37.1 Å². The third-order valence-corrected chi connectivity index (χ3v) is 3.34. The van der Waals surface area contributed by atoms with E-state index < -0.39 is 6.03 Å². The molecular formula is C15H23ClN3O2+. The van der Waals surface area contributed by atoms with Gasteiger partial charge in [0, 0.05) is 17.1 Å². The van der Waals surface area contributed by atoms with Crippen molar-refractivity contribution in [1.29, 1.82) is 0 Å². The third-order valence-electron chi connectivity index (χ3n) is 3.10.